The van der Waals surface area contributed by atoms with Gasteiger partial charge in [0, 0.05) is 11.3 Å². The Labute approximate surface area is 184 Å². The van der Waals surface area contributed by atoms with Crippen molar-refractivity contribution in [1.82, 2.24) is 9.55 Å². The molecule has 29 heavy (non-hydrogen) atoms. The Morgan fingerprint density at radius 1 is 1.10 bits per heavy atom. The molecular weight excluding hydrogens is 429 g/mol. The molecule has 0 spiro atoms. The highest BCUT2D eigenvalue weighted by molar-refractivity contribution is 7.80. The number of nitrogens with one attached hydrogen (secondary N) is 1. The molecule has 2 N–H and O–H groups in total. The lowest BCUT2D eigenvalue weighted by atomic mass is 10.1. The van der Waals surface area contributed by atoms with Crippen molar-refractivity contribution in [3.8, 4) is 11.6 Å². The zero-order chi connectivity index (χ0) is 20.5. The first kappa shape index (κ1) is 20.1. The number of halogens is 2. The molecule has 150 valence electrons. The molecule has 2 aromatic heterocycles. The summed E-state index contributed by atoms with van der Waals surface area (Å²) in [5, 5.41) is 14.9. The van der Waals surface area contributed by atoms with Crippen LogP contribution in [0.2, 0.25) is 10.2 Å². The molecule has 0 fully saturated rings. The summed E-state index contributed by atoms with van der Waals surface area (Å²) in [4.78, 5) is 16.4. The lowest BCUT2D eigenvalue weighted by molar-refractivity contribution is 0.102. The van der Waals surface area contributed by atoms with Gasteiger partial charge < -0.3 is 10.4 Å². The summed E-state index contributed by atoms with van der Waals surface area (Å²) in [6, 6.07) is 9.95. The van der Waals surface area contributed by atoms with E-state index in [1.807, 2.05) is 0 Å². The number of carbonyl (C=O) groups excluding carboxylic acids is 1. The number of amides is 1. The number of thiol groups is 1. The Balaban J connectivity index is 1.64. The monoisotopic (exact) mass is 447 g/mol. The van der Waals surface area contributed by atoms with E-state index >= 15 is 0 Å². The lowest BCUT2D eigenvalue weighted by Gasteiger charge is -2.13. The van der Waals surface area contributed by atoms with Gasteiger partial charge in [-0.2, -0.15) is 0 Å². The molecule has 5 nitrogen and oxygen atoms in total. The van der Waals surface area contributed by atoms with E-state index in [0.29, 0.717) is 21.4 Å². The molecule has 0 unspecified atom stereocenters. The molecule has 0 saturated heterocycles. The summed E-state index contributed by atoms with van der Waals surface area (Å²) >= 11 is 17.0. The number of benzene rings is 1. The third-order valence-electron chi connectivity index (χ3n) is 5.08. The lowest BCUT2D eigenvalue weighted by Crippen LogP contribution is -2.13. The Kier molecular flexibility index (Phi) is 5.76. The highest BCUT2D eigenvalue weighted by atomic mass is 35.5. The Bertz CT molecular complexity index is 1070. The Morgan fingerprint density at radius 3 is 2.59 bits per heavy atom. The fourth-order valence-corrected chi connectivity index (χ4v) is 4.55. The van der Waals surface area contributed by atoms with E-state index in [1.165, 1.54) is 0 Å². The molecule has 1 aliphatic rings. The van der Waals surface area contributed by atoms with E-state index in [9.17, 15) is 9.90 Å². The highest BCUT2D eigenvalue weighted by Crippen LogP contribution is 2.40. The number of anilines is 1. The molecule has 0 atom stereocenters. The number of pyridine rings is 1. The third kappa shape index (κ3) is 3.97. The summed E-state index contributed by atoms with van der Waals surface area (Å²) in [5.41, 5.74) is 3.37. The summed E-state index contributed by atoms with van der Waals surface area (Å²) in [5.74, 6) is -0.199. The van der Waals surface area contributed by atoms with Gasteiger partial charge in [-0.1, -0.05) is 35.7 Å². The molecule has 0 saturated carbocycles. The van der Waals surface area contributed by atoms with Crippen LogP contribution >= 0.6 is 35.8 Å². The van der Waals surface area contributed by atoms with Crippen LogP contribution in [0.1, 0.15) is 40.9 Å². The van der Waals surface area contributed by atoms with Gasteiger partial charge in [0.1, 0.15) is 10.8 Å². The van der Waals surface area contributed by atoms with Gasteiger partial charge >= 0.3 is 0 Å². The van der Waals surface area contributed by atoms with E-state index < -0.39 is 0 Å². The maximum absolute atomic E-state index is 12.4. The second-order valence-electron chi connectivity index (χ2n) is 6.97. The number of fused-ring (bicyclic) bond motifs is 1. The molecule has 0 aliphatic heterocycles. The zero-order valence-corrected chi connectivity index (χ0v) is 17.9. The van der Waals surface area contributed by atoms with Gasteiger partial charge in [-0.3, -0.25) is 9.36 Å². The highest BCUT2D eigenvalue weighted by Gasteiger charge is 2.24. The maximum atomic E-state index is 12.4. The fourth-order valence-electron chi connectivity index (χ4n) is 3.67. The van der Waals surface area contributed by atoms with Crippen molar-refractivity contribution in [2.24, 2.45) is 0 Å². The van der Waals surface area contributed by atoms with Gasteiger partial charge in [0.25, 0.3) is 5.91 Å². The van der Waals surface area contributed by atoms with E-state index in [2.05, 4.69) is 22.9 Å². The summed E-state index contributed by atoms with van der Waals surface area (Å²) in [6.07, 6.45) is 5.01. The average molecular weight is 448 g/mol. The normalized spacial score (nSPS) is 13.6. The van der Waals surface area contributed by atoms with Crippen molar-refractivity contribution in [3.63, 3.8) is 0 Å². The molecule has 1 aromatic carbocycles. The molecule has 3 aromatic rings. The van der Waals surface area contributed by atoms with Gasteiger partial charge in [0.05, 0.1) is 15.7 Å². The first-order chi connectivity index (χ1) is 14.0. The van der Waals surface area contributed by atoms with E-state index in [-0.39, 0.29) is 22.6 Å². The number of nitrogens with zero attached hydrogens (tertiary/aromatic N) is 2. The number of aromatic nitrogens is 2. The van der Waals surface area contributed by atoms with Crippen LogP contribution in [0.5, 0.6) is 5.88 Å². The van der Waals surface area contributed by atoms with Gasteiger partial charge in [-0.25, -0.2) is 4.98 Å². The van der Waals surface area contributed by atoms with Crippen LogP contribution in [0.3, 0.4) is 0 Å². The molecule has 0 radical (unpaired) electrons. The molecule has 4 rings (SSSR count). The van der Waals surface area contributed by atoms with Crippen LogP contribution in [-0.2, 0) is 12.8 Å². The summed E-state index contributed by atoms with van der Waals surface area (Å²) in [7, 11) is 0. The zero-order valence-electron chi connectivity index (χ0n) is 15.5. The van der Waals surface area contributed by atoms with Crippen molar-refractivity contribution in [2.75, 3.05) is 5.32 Å². The minimum atomic E-state index is -0.387. The SMILES string of the molecule is O=C(Nc1ccc(-n2c(O)c3c(c2S)CCCCC3)c(Cl)c1)c1cccc(Cl)n1. The van der Waals surface area contributed by atoms with Gasteiger partial charge in [-0.05, 0) is 61.6 Å². The van der Waals surface area contributed by atoms with Crippen LogP contribution in [0.25, 0.3) is 5.69 Å². The minimum absolute atomic E-state index is 0.189. The average Bonchev–Trinajstić information content (AvgIpc) is 2.86. The Hall–Kier alpha value is -2.15. The van der Waals surface area contributed by atoms with Crippen LogP contribution in [-0.4, -0.2) is 20.6 Å². The number of rotatable bonds is 3. The van der Waals surface area contributed by atoms with Crippen molar-refractivity contribution in [3.05, 3.63) is 63.4 Å². The summed E-state index contributed by atoms with van der Waals surface area (Å²) < 4.78 is 1.67. The van der Waals surface area contributed by atoms with Crippen molar-refractivity contribution in [2.45, 2.75) is 37.1 Å². The molecule has 0 bridgehead atoms. The van der Waals surface area contributed by atoms with Crippen molar-refractivity contribution in [1.29, 1.82) is 0 Å². The first-order valence-electron chi connectivity index (χ1n) is 9.34. The smallest absolute Gasteiger partial charge is 0.274 e. The minimum Gasteiger partial charge on any atom is -0.494 e. The Morgan fingerprint density at radius 2 is 1.86 bits per heavy atom. The number of carbonyl (C=O) groups is 1. The predicted octanol–water partition coefficient (Wildman–Crippen LogP) is 5.69. The van der Waals surface area contributed by atoms with E-state index in [4.69, 9.17) is 23.2 Å². The molecular formula is C21H19Cl2N3O2S. The molecule has 1 aliphatic carbocycles. The quantitative estimate of drug-likeness (QED) is 0.274. The van der Waals surface area contributed by atoms with Crippen molar-refractivity contribution < 1.29 is 9.90 Å². The fraction of sp³-hybridized carbons (Fsp3) is 0.238. The van der Waals surface area contributed by atoms with Crippen LogP contribution in [0.4, 0.5) is 5.69 Å². The van der Waals surface area contributed by atoms with Crippen LogP contribution in [0, 0.1) is 0 Å². The second-order valence-corrected chi connectivity index (χ2v) is 8.18. The number of hydrogen-bond donors (Lipinski definition) is 3. The largest absolute Gasteiger partial charge is 0.494 e. The van der Waals surface area contributed by atoms with Crippen molar-refractivity contribution >= 4 is 47.4 Å². The predicted molar refractivity (Wildman–Crippen MR) is 118 cm³/mol. The molecule has 2 heterocycles. The van der Waals surface area contributed by atoms with Crippen LogP contribution in [0.15, 0.2) is 41.4 Å². The molecule has 1 amide bonds. The first-order valence-corrected chi connectivity index (χ1v) is 10.5. The molecule has 8 heteroatoms. The standard InChI is InChI=1S/C21H19Cl2N3O2S/c22-15-11-12(24-19(27)16-7-4-8-18(23)25-16)9-10-17(15)26-20(28)13-5-2-1-3-6-14(13)21(26)29/h4,7-11,28-29H,1-3,5-6H2,(H,24,27). The number of hydrogen-bond acceptors (Lipinski definition) is 4. The van der Waals surface area contributed by atoms with Gasteiger partial charge in [0.15, 0.2) is 5.88 Å². The van der Waals surface area contributed by atoms with Gasteiger partial charge in [-0.15, -0.1) is 12.6 Å². The van der Waals surface area contributed by atoms with E-state index in [1.54, 1.807) is 41.0 Å². The third-order valence-corrected chi connectivity index (χ3v) is 6.06. The second kappa shape index (κ2) is 8.30. The van der Waals surface area contributed by atoms with Crippen LogP contribution < -0.4 is 5.32 Å². The summed E-state index contributed by atoms with van der Waals surface area (Å²) in [6.45, 7) is 0. The van der Waals surface area contributed by atoms with E-state index in [0.717, 1.165) is 43.2 Å². The topological polar surface area (TPSA) is 67.2 Å². The number of aromatic hydroxyl groups is 1. The maximum Gasteiger partial charge on any atom is 0.274 e. The van der Waals surface area contributed by atoms with Gasteiger partial charge in [0.2, 0.25) is 0 Å².